The first-order valence-electron chi connectivity index (χ1n) is 8.72. The second-order valence-electron chi connectivity index (χ2n) is 6.07. The molecule has 0 aliphatic heterocycles. The van der Waals surface area contributed by atoms with E-state index in [1.165, 1.54) is 0 Å². The summed E-state index contributed by atoms with van der Waals surface area (Å²) in [6.07, 6.45) is 3.52. The van der Waals surface area contributed by atoms with E-state index in [1.54, 1.807) is 25.6 Å². The topological polar surface area (TPSA) is 60.5 Å². The smallest absolute Gasteiger partial charge is 0.251 e. The second kappa shape index (κ2) is 9.50. The molecule has 2 aromatic carbocycles. The fourth-order valence-electron chi connectivity index (χ4n) is 2.65. The number of carbonyl (C=O) groups excluding carboxylic acids is 1. The molecule has 0 saturated heterocycles. The van der Waals surface area contributed by atoms with Gasteiger partial charge in [0.25, 0.3) is 5.91 Å². The van der Waals surface area contributed by atoms with Crippen LogP contribution in [0.15, 0.2) is 73.1 Å². The fourth-order valence-corrected chi connectivity index (χ4v) is 2.65. The van der Waals surface area contributed by atoms with Crippen molar-refractivity contribution in [2.75, 3.05) is 7.11 Å². The van der Waals surface area contributed by atoms with Gasteiger partial charge in [-0.2, -0.15) is 0 Å². The van der Waals surface area contributed by atoms with Crippen molar-refractivity contribution in [2.45, 2.75) is 19.8 Å². The third kappa shape index (κ3) is 5.39. The van der Waals surface area contributed by atoms with E-state index in [9.17, 15) is 4.79 Å². The standard InChI is InChI=1S/C22H22N2O3/c1-26-16-19-6-2-3-7-21(19)22(25)24-14-17-8-10-20(11-9-17)27-15-18-5-4-12-23-13-18/h2-13H,14-16H2,1H3,(H,24,25). The van der Waals surface area contributed by atoms with Crippen molar-refractivity contribution >= 4 is 5.91 Å². The number of amides is 1. The summed E-state index contributed by atoms with van der Waals surface area (Å²) in [7, 11) is 1.62. The number of hydrogen-bond acceptors (Lipinski definition) is 4. The van der Waals surface area contributed by atoms with Crippen LogP contribution >= 0.6 is 0 Å². The van der Waals surface area contributed by atoms with E-state index in [0.29, 0.717) is 25.3 Å². The van der Waals surface area contributed by atoms with E-state index in [2.05, 4.69) is 10.3 Å². The first-order chi connectivity index (χ1) is 13.3. The van der Waals surface area contributed by atoms with E-state index in [0.717, 1.165) is 22.4 Å². The molecule has 138 valence electrons. The van der Waals surface area contributed by atoms with Gasteiger partial charge in [-0.15, -0.1) is 0 Å². The second-order valence-corrected chi connectivity index (χ2v) is 6.07. The van der Waals surface area contributed by atoms with Crippen LogP contribution in [0.25, 0.3) is 0 Å². The number of nitrogens with zero attached hydrogens (tertiary/aromatic N) is 1. The molecule has 3 aromatic rings. The summed E-state index contributed by atoms with van der Waals surface area (Å²) < 4.78 is 10.9. The minimum absolute atomic E-state index is 0.112. The van der Waals surface area contributed by atoms with Gasteiger partial charge in [-0.25, -0.2) is 0 Å². The Morgan fingerprint density at radius 3 is 2.52 bits per heavy atom. The molecule has 5 nitrogen and oxygen atoms in total. The van der Waals surface area contributed by atoms with Crippen LogP contribution in [0, 0.1) is 0 Å². The van der Waals surface area contributed by atoms with Gasteiger partial charge in [0.1, 0.15) is 12.4 Å². The molecule has 0 aliphatic carbocycles. The lowest BCUT2D eigenvalue weighted by molar-refractivity contribution is 0.0946. The lowest BCUT2D eigenvalue weighted by atomic mass is 10.1. The minimum Gasteiger partial charge on any atom is -0.489 e. The van der Waals surface area contributed by atoms with Crippen LogP contribution in [-0.4, -0.2) is 18.0 Å². The molecular weight excluding hydrogens is 340 g/mol. The number of nitrogens with one attached hydrogen (secondary N) is 1. The molecular formula is C22H22N2O3. The summed E-state index contributed by atoms with van der Waals surface area (Å²) in [5, 5.41) is 2.95. The maximum atomic E-state index is 12.4. The van der Waals surface area contributed by atoms with Crippen LogP contribution < -0.4 is 10.1 Å². The molecule has 0 spiro atoms. The van der Waals surface area contributed by atoms with Gasteiger partial charge in [0.15, 0.2) is 0 Å². The van der Waals surface area contributed by atoms with Gasteiger partial charge in [-0.05, 0) is 35.4 Å². The fraction of sp³-hybridized carbons (Fsp3) is 0.182. The van der Waals surface area contributed by atoms with Crippen molar-refractivity contribution in [1.82, 2.24) is 10.3 Å². The van der Waals surface area contributed by atoms with Crippen LogP contribution in [0.4, 0.5) is 0 Å². The zero-order valence-electron chi connectivity index (χ0n) is 15.2. The third-order valence-corrected chi connectivity index (χ3v) is 4.07. The average Bonchev–Trinajstić information content (AvgIpc) is 2.73. The number of rotatable bonds is 8. The van der Waals surface area contributed by atoms with Crippen LogP contribution in [0.5, 0.6) is 5.75 Å². The van der Waals surface area contributed by atoms with Gasteiger partial charge in [-0.1, -0.05) is 36.4 Å². The van der Waals surface area contributed by atoms with E-state index in [1.807, 2.05) is 54.6 Å². The molecule has 0 aliphatic rings. The molecule has 0 unspecified atom stereocenters. The number of aromatic nitrogens is 1. The molecule has 0 saturated carbocycles. The first kappa shape index (κ1) is 18.6. The number of methoxy groups -OCH3 is 1. The van der Waals surface area contributed by atoms with Crippen molar-refractivity contribution in [2.24, 2.45) is 0 Å². The maximum absolute atomic E-state index is 12.4. The van der Waals surface area contributed by atoms with Crippen molar-refractivity contribution in [3.63, 3.8) is 0 Å². The first-order valence-corrected chi connectivity index (χ1v) is 8.72. The molecule has 0 bridgehead atoms. The Balaban J connectivity index is 1.53. The summed E-state index contributed by atoms with van der Waals surface area (Å²) in [6.45, 7) is 1.33. The van der Waals surface area contributed by atoms with Crippen LogP contribution in [0.2, 0.25) is 0 Å². The number of carbonyl (C=O) groups is 1. The van der Waals surface area contributed by atoms with E-state index in [4.69, 9.17) is 9.47 Å². The highest BCUT2D eigenvalue weighted by Gasteiger charge is 2.10. The molecule has 1 amide bonds. The summed E-state index contributed by atoms with van der Waals surface area (Å²) >= 11 is 0. The zero-order valence-corrected chi connectivity index (χ0v) is 15.2. The van der Waals surface area contributed by atoms with E-state index < -0.39 is 0 Å². The van der Waals surface area contributed by atoms with Crippen molar-refractivity contribution in [1.29, 1.82) is 0 Å². The van der Waals surface area contributed by atoms with Crippen LogP contribution in [-0.2, 0) is 24.5 Å². The molecule has 27 heavy (non-hydrogen) atoms. The zero-order chi connectivity index (χ0) is 18.9. The van der Waals surface area contributed by atoms with Gasteiger partial charge in [0.2, 0.25) is 0 Å². The molecule has 3 rings (SSSR count). The van der Waals surface area contributed by atoms with Gasteiger partial charge in [0, 0.05) is 37.2 Å². The van der Waals surface area contributed by atoms with Crippen molar-refractivity contribution in [3.8, 4) is 5.75 Å². The Bertz CT molecular complexity index is 864. The summed E-state index contributed by atoms with van der Waals surface area (Å²) in [5.74, 6) is 0.666. The average molecular weight is 362 g/mol. The van der Waals surface area contributed by atoms with Crippen molar-refractivity contribution in [3.05, 3.63) is 95.3 Å². The van der Waals surface area contributed by atoms with Gasteiger partial charge < -0.3 is 14.8 Å². The lowest BCUT2D eigenvalue weighted by Crippen LogP contribution is -2.24. The molecule has 5 heteroatoms. The quantitative estimate of drug-likeness (QED) is 0.663. The van der Waals surface area contributed by atoms with Crippen LogP contribution in [0.1, 0.15) is 27.0 Å². The minimum atomic E-state index is -0.112. The Morgan fingerprint density at radius 1 is 0.963 bits per heavy atom. The molecule has 1 heterocycles. The highest BCUT2D eigenvalue weighted by molar-refractivity contribution is 5.95. The molecule has 1 N–H and O–H groups in total. The SMILES string of the molecule is COCc1ccccc1C(=O)NCc1ccc(OCc2cccnc2)cc1. The number of hydrogen-bond donors (Lipinski definition) is 1. The highest BCUT2D eigenvalue weighted by Crippen LogP contribution is 2.15. The van der Waals surface area contributed by atoms with Crippen LogP contribution in [0.3, 0.4) is 0 Å². The molecule has 1 aromatic heterocycles. The normalized spacial score (nSPS) is 10.4. The Labute approximate surface area is 159 Å². The predicted octanol–water partition coefficient (Wildman–Crippen LogP) is 3.74. The largest absolute Gasteiger partial charge is 0.489 e. The third-order valence-electron chi connectivity index (χ3n) is 4.07. The molecule has 0 fully saturated rings. The molecule has 0 atom stereocenters. The Hall–Kier alpha value is -3.18. The number of pyridine rings is 1. The predicted molar refractivity (Wildman–Crippen MR) is 103 cm³/mol. The lowest BCUT2D eigenvalue weighted by Gasteiger charge is -2.10. The van der Waals surface area contributed by atoms with Crippen molar-refractivity contribution < 1.29 is 14.3 Å². The highest BCUT2D eigenvalue weighted by atomic mass is 16.5. The summed E-state index contributed by atoms with van der Waals surface area (Å²) in [4.78, 5) is 16.5. The maximum Gasteiger partial charge on any atom is 0.251 e. The number of benzene rings is 2. The Morgan fingerprint density at radius 2 is 1.78 bits per heavy atom. The summed E-state index contributed by atoms with van der Waals surface area (Å²) in [6, 6.07) is 19.0. The van der Waals surface area contributed by atoms with E-state index >= 15 is 0 Å². The van der Waals surface area contributed by atoms with Gasteiger partial charge in [-0.3, -0.25) is 9.78 Å². The number of ether oxygens (including phenoxy) is 2. The van der Waals surface area contributed by atoms with E-state index in [-0.39, 0.29) is 5.91 Å². The monoisotopic (exact) mass is 362 g/mol. The van der Waals surface area contributed by atoms with Gasteiger partial charge in [0.05, 0.1) is 6.61 Å². The Kier molecular flexibility index (Phi) is 6.55. The summed E-state index contributed by atoms with van der Waals surface area (Å²) in [5.41, 5.74) is 3.53. The van der Waals surface area contributed by atoms with Gasteiger partial charge >= 0.3 is 0 Å². The molecule has 0 radical (unpaired) electrons.